The SMILES string of the molecule is COc1cc(C2CC(=O)Nc3ccc4nsnc4c32)ccc1O. The molecule has 0 bridgehead atoms. The van der Waals surface area contributed by atoms with Crippen LogP contribution in [0, 0.1) is 0 Å². The molecule has 0 saturated carbocycles. The maximum absolute atomic E-state index is 12.1. The maximum Gasteiger partial charge on any atom is 0.225 e. The van der Waals surface area contributed by atoms with Gasteiger partial charge in [-0.2, -0.15) is 8.75 Å². The topological polar surface area (TPSA) is 84.3 Å². The number of hydrogen-bond donors (Lipinski definition) is 2. The normalized spacial score (nSPS) is 16.9. The van der Waals surface area contributed by atoms with Crippen LogP contribution in [-0.2, 0) is 4.79 Å². The van der Waals surface area contributed by atoms with Gasteiger partial charge < -0.3 is 15.2 Å². The summed E-state index contributed by atoms with van der Waals surface area (Å²) in [5.41, 5.74) is 4.25. The first kappa shape index (κ1) is 14.0. The molecule has 6 nitrogen and oxygen atoms in total. The van der Waals surface area contributed by atoms with Crippen molar-refractivity contribution in [2.45, 2.75) is 12.3 Å². The fourth-order valence-corrected chi connectivity index (χ4v) is 3.57. The van der Waals surface area contributed by atoms with Crippen molar-refractivity contribution in [3.63, 3.8) is 0 Å². The second kappa shape index (κ2) is 5.20. The maximum atomic E-state index is 12.1. The monoisotopic (exact) mass is 327 g/mol. The van der Waals surface area contributed by atoms with Crippen molar-refractivity contribution in [3.8, 4) is 11.5 Å². The molecule has 0 radical (unpaired) electrons. The van der Waals surface area contributed by atoms with Gasteiger partial charge in [0.15, 0.2) is 11.5 Å². The quantitative estimate of drug-likeness (QED) is 0.756. The third kappa shape index (κ3) is 2.20. The molecule has 1 atom stereocenters. The van der Waals surface area contributed by atoms with Crippen molar-refractivity contribution in [2.24, 2.45) is 0 Å². The lowest BCUT2D eigenvalue weighted by Crippen LogP contribution is -2.23. The molecule has 3 aromatic rings. The van der Waals surface area contributed by atoms with Gasteiger partial charge >= 0.3 is 0 Å². The molecule has 0 saturated heterocycles. The lowest BCUT2D eigenvalue weighted by atomic mass is 9.84. The molecule has 0 spiro atoms. The Morgan fingerprint density at radius 1 is 1.30 bits per heavy atom. The first-order valence-corrected chi connectivity index (χ1v) is 7.82. The average Bonchev–Trinajstić information content (AvgIpc) is 3.03. The molecule has 1 amide bonds. The van der Waals surface area contributed by atoms with Crippen LogP contribution in [0.2, 0.25) is 0 Å². The summed E-state index contributed by atoms with van der Waals surface area (Å²) in [5, 5.41) is 12.7. The Bertz CT molecular complexity index is 922. The van der Waals surface area contributed by atoms with E-state index < -0.39 is 0 Å². The Morgan fingerprint density at radius 3 is 3.00 bits per heavy atom. The summed E-state index contributed by atoms with van der Waals surface area (Å²) in [6.07, 6.45) is 0.317. The number of fused-ring (bicyclic) bond motifs is 3. The predicted molar refractivity (Wildman–Crippen MR) is 87.2 cm³/mol. The largest absolute Gasteiger partial charge is 0.504 e. The van der Waals surface area contributed by atoms with Crippen LogP contribution in [0.25, 0.3) is 11.0 Å². The van der Waals surface area contributed by atoms with Crippen molar-refractivity contribution in [1.29, 1.82) is 0 Å². The molecule has 2 heterocycles. The van der Waals surface area contributed by atoms with Crippen LogP contribution in [0.3, 0.4) is 0 Å². The molecule has 7 heteroatoms. The average molecular weight is 327 g/mol. The number of rotatable bonds is 2. The first-order chi connectivity index (χ1) is 11.2. The highest BCUT2D eigenvalue weighted by Gasteiger charge is 2.30. The number of aromatic hydroxyl groups is 1. The molecular formula is C16H13N3O3S. The fourth-order valence-electron chi connectivity index (χ4n) is 3.02. The lowest BCUT2D eigenvalue weighted by Gasteiger charge is -2.26. The first-order valence-electron chi connectivity index (χ1n) is 7.09. The summed E-state index contributed by atoms with van der Waals surface area (Å²) in [6.45, 7) is 0. The van der Waals surface area contributed by atoms with E-state index in [0.29, 0.717) is 12.2 Å². The summed E-state index contributed by atoms with van der Waals surface area (Å²) in [7, 11) is 1.50. The molecule has 0 aliphatic carbocycles. The molecule has 2 aromatic carbocycles. The number of nitrogens with one attached hydrogen (secondary N) is 1. The van der Waals surface area contributed by atoms with E-state index in [1.165, 1.54) is 7.11 Å². The highest BCUT2D eigenvalue weighted by Crippen LogP contribution is 2.42. The lowest BCUT2D eigenvalue weighted by molar-refractivity contribution is -0.116. The van der Waals surface area contributed by atoms with Gasteiger partial charge in [-0.15, -0.1) is 0 Å². The van der Waals surface area contributed by atoms with Crippen molar-refractivity contribution in [2.75, 3.05) is 12.4 Å². The van der Waals surface area contributed by atoms with Crippen LogP contribution in [0.4, 0.5) is 5.69 Å². The number of phenolic OH excluding ortho intramolecular Hbond substituents is 1. The minimum absolute atomic E-state index is 0.0444. The number of nitrogens with zero attached hydrogens (tertiary/aromatic N) is 2. The van der Waals surface area contributed by atoms with Gasteiger partial charge in [-0.05, 0) is 29.8 Å². The molecular weight excluding hydrogens is 314 g/mol. The Kier molecular flexibility index (Phi) is 3.16. The van der Waals surface area contributed by atoms with Crippen molar-refractivity contribution in [1.82, 2.24) is 8.75 Å². The number of anilines is 1. The number of methoxy groups -OCH3 is 1. The molecule has 2 N–H and O–H groups in total. The molecule has 1 unspecified atom stereocenters. The van der Waals surface area contributed by atoms with Gasteiger partial charge in [-0.25, -0.2) is 0 Å². The summed E-state index contributed by atoms with van der Waals surface area (Å²) in [5.74, 6) is 0.266. The van der Waals surface area contributed by atoms with Gasteiger partial charge in [-0.3, -0.25) is 4.79 Å². The zero-order valence-corrected chi connectivity index (χ0v) is 13.1. The van der Waals surface area contributed by atoms with Crippen LogP contribution < -0.4 is 10.1 Å². The highest BCUT2D eigenvalue weighted by atomic mass is 32.1. The summed E-state index contributed by atoms with van der Waals surface area (Å²) in [6, 6.07) is 8.88. The number of phenols is 1. The second-order valence-corrected chi connectivity index (χ2v) is 5.92. The number of ether oxygens (including phenoxy) is 1. The molecule has 1 aromatic heterocycles. The predicted octanol–water partition coefficient (Wildman–Crippen LogP) is 2.88. The Labute approximate surface area is 136 Å². The van der Waals surface area contributed by atoms with E-state index in [0.717, 1.165) is 39.6 Å². The molecule has 1 aliphatic heterocycles. The summed E-state index contributed by atoms with van der Waals surface area (Å²) < 4.78 is 13.9. The number of benzene rings is 2. The zero-order chi connectivity index (χ0) is 16.0. The third-order valence-corrected chi connectivity index (χ3v) is 4.63. The van der Waals surface area contributed by atoms with Crippen molar-refractivity contribution in [3.05, 3.63) is 41.5 Å². The van der Waals surface area contributed by atoms with Gasteiger partial charge in [0.25, 0.3) is 0 Å². The molecule has 116 valence electrons. The van der Waals surface area contributed by atoms with Gasteiger partial charge in [0.1, 0.15) is 11.0 Å². The van der Waals surface area contributed by atoms with E-state index in [1.807, 2.05) is 18.2 Å². The van der Waals surface area contributed by atoms with E-state index in [2.05, 4.69) is 14.1 Å². The van der Waals surface area contributed by atoms with E-state index in [4.69, 9.17) is 4.74 Å². The number of aromatic nitrogens is 2. The Balaban J connectivity index is 1.93. The highest BCUT2D eigenvalue weighted by molar-refractivity contribution is 7.00. The minimum atomic E-state index is -0.152. The number of carbonyl (C=O) groups excluding carboxylic acids is 1. The molecule has 1 aliphatic rings. The molecule has 4 rings (SSSR count). The molecule has 23 heavy (non-hydrogen) atoms. The smallest absolute Gasteiger partial charge is 0.225 e. The molecule has 0 fully saturated rings. The number of amides is 1. The van der Waals surface area contributed by atoms with E-state index >= 15 is 0 Å². The van der Waals surface area contributed by atoms with Crippen LogP contribution >= 0.6 is 11.7 Å². The number of hydrogen-bond acceptors (Lipinski definition) is 6. The Morgan fingerprint density at radius 2 is 2.17 bits per heavy atom. The van der Waals surface area contributed by atoms with Crippen LogP contribution in [0.15, 0.2) is 30.3 Å². The van der Waals surface area contributed by atoms with Crippen molar-refractivity contribution >= 4 is 34.4 Å². The van der Waals surface area contributed by atoms with Crippen LogP contribution in [0.1, 0.15) is 23.5 Å². The van der Waals surface area contributed by atoms with E-state index in [-0.39, 0.29) is 17.6 Å². The van der Waals surface area contributed by atoms with E-state index in [9.17, 15) is 9.90 Å². The van der Waals surface area contributed by atoms with Gasteiger partial charge in [0.05, 0.1) is 18.8 Å². The Hall–Kier alpha value is -2.67. The van der Waals surface area contributed by atoms with Crippen LogP contribution in [-0.4, -0.2) is 26.9 Å². The van der Waals surface area contributed by atoms with Crippen LogP contribution in [0.5, 0.6) is 11.5 Å². The van der Waals surface area contributed by atoms with Gasteiger partial charge in [0.2, 0.25) is 5.91 Å². The summed E-state index contributed by atoms with van der Waals surface area (Å²) in [4.78, 5) is 12.1. The van der Waals surface area contributed by atoms with E-state index in [1.54, 1.807) is 12.1 Å². The second-order valence-electron chi connectivity index (χ2n) is 5.39. The van der Waals surface area contributed by atoms with Gasteiger partial charge in [-0.1, -0.05) is 6.07 Å². The summed E-state index contributed by atoms with van der Waals surface area (Å²) >= 11 is 1.16. The minimum Gasteiger partial charge on any atom is -0.504 e. The number of carbonyl (C=O) groups is 1. The standard InChI is InChI=1S/C16H13N3O3S/c1-22-13-6-8(2-5-12(13)20)9-7-14(21)17-10-3-4-11-16(15(9)10)19-23-18-11/h2-6,9,20H,7H2,1H3,(H,17,21). The third-order valence-electron chi connectivity index (χ3n) is 4.09. The fraction of sp³-hybridized carbons (Fsp3) is 0.188. The van der Waals surface area contributed by atoms with Gasteiger partial charge in [0, 0.05) is 23.6 Å². The van der Waals surface area contributed by atoms with Crippen molar-refractivity contribution < 1.29 is 14.6 Å². The zero-order valence-electron chi connectivity index (χ0n) is 12.2.